The molecule has 3 aromatic rings. The monoisotopic (exact) mass is 336 g/mol. The molecule has 0 fully saturated rings. The van der Waals surface area contributed by atoms with E-state index in [1.165, 1.54) is 11.3 Å². The van der Waals surface area contributed by atoms with Crippen LogP contribution in [0.25, 0.3) is 11.3 Å². The van der Waals surface area contributed by atoms with Gasteiger partial charge in [0.1, 0.15) is 0 Å². The minimum Gasteiger partial charge on any atom is -0.378 e. The maximum Gasteiger partial charge on any atom is 0.203 e. The van der Waals surface area contributed by atoms with Crippen LogP contribution < -0.4 is 10.3 Å². The molecule has 1 N–H and O–H groups in total. The topological polar surface area (TPSA) is 40.5 Å². The van der Waals surface area contributed by atoms with Gasteiger partial charge >= 0.3 is 0 Å². The molecule has 0 amide bonds. The van der Waals surface area contributed by atoms with Crippen LogP contribution in [0, 0.1) is 6.92 Å². The Morgan fingerprint density at radius 2 is 1.75 bits per heavy atom. The Kier molecular flexibility index (Phi) is 4.91. The van der Waals surface area contributed by atoms with Crippen molar-refractivity contribution in [1.29, 1.82) is 0 Å². The van der Waals surface area contributed by atoms with Crippen LogP contribution in [0.2, 0.25) is 0 Å². The second kappa shape index (κ2) is 7.27. The Labute approximate surface area is 146 Å². The van der Waals surface area contributed by atoms with E-state index in [0.29, 0.717) is 0 Å². The number of nitrogens with zero attached hydrogens (tertiary/aromatic N) is 3. The molecule has 3 rings (SSSR count). The molecule has 0 bridgehead atoms. The number of benzene rings is 2. The SMILES string of the molecule is Cc1ccc(-c2csc(N/N=C/c3ccc(N(C)C)cc3)n2)cc1. The zero-order valence-corrected chi connectivity index (χ0v) is 14.8. The largest absolute Gasteiger partial charge is 0.378 e. The van der Waals surface area contributed by atoms with Crippen molar-refractivity contribution < 1.29 is 0 Å². The fraction of sp³-hybridized carbons (Fsp3) is 0.158. The summed E-state index contributed by atoms with van der Waals surface area (Å²) in [6.07, 6.45) is 1.80. The summed E-state index contributed by atoms with van der Waals surface area (Å²) in [7, 11) is 4.05. The second-order valence-corrected chi connectivity index (χ2v) is 6.62. The van der Waals surface area contributed by atoms with Crippen LogP contribution in [0.5, 0.6) is 0 Å². The van der Waals surface area contributed by atoms with Crippen LogP contribution in [-0.4, -0.2) is 25.3 Å². The highest BCUT2D eigenvalue weighted by Crippen LogP contribution is 2.25. The average molecular weight is 336 g/mol. The molecule has 0 saturated carbocycles. The Bertz CT molecular complexity index is 817. The van der Waals surface area contributed by atoms with Gasteiger partial charge < -0.3 is 4.90 Å². The average Bonchev–Trinajstić information content (AvgIpc) is 3.05. The molecule has 4 nitrogen and oxygen atoms in total. The van der Waals surface area contributed by atoms with Crippen LogP contribution in [0.3, 0.4) is 0 Å². The van der Waals surface area contributed by atoms with E-state index >= 15 is 0 Å². The second-order valence-electron chi connectivity index (χ2n) is 5.76. The molecule has 0 spiro atoms. The van der Waals surface area contributed by atoms with Gasteiger partial charge in [-0.1, -0.05) is 42.0 Å². The molecule has 0 atom stereocenters. The summed E-state index contributed by atoms with van der Waals surface area (Å²) in [6, 6.07) is 16.6. The molecule has 0 aliphatic heterocycles. The first-order valence-electron chi connectivity index (χ1n) is 7.71. The normalized spacial score (nSPS) is 11.0. The molecule has 2 aromatic carbocycles. The number of hydrazone groups is 1. The van der Waals surface area contributed by atoms with Crippen molar-refractivity contribution in [2.45, 2.75) is 6.92 Å². The summed E-state index contributed by atoms with van der Waals surface area (Å²) in [5.41, 5.74) is 8.54. The van der Waals surface area contributed by atoms with Gasteiger partial charge in [0.25, 0.3) is 0 Å². The van der Waals surface area contributed by atoms with Crippen molar-refractivity contribution in [3.63, 3.8) is 0 Å². The van der Waals surface area contributed by atoms with Crippen LogP contribution in [-0.2, 0) is 0 Å². The van der Waals surface area contributed by atoms with Gasteiger partial charge in [0, 0.05) is 30.7 Å². The van der Waals surface area contributed by atoms with Gasteiger partial charge in [-0.05, 0) is 24.6 Å². The van der Waals surface area contributed by atoms with Crippen molar-refractivity contribution in [3.8, 4) is 11.3 Å². The van der Waals surface area contributed by atoms with Crippen molar-refractivity contribution in [2.24, 2.45) is 5.10 Å². The van der Waals surface area contributed by atoms with Gasteiger partial charge in [-0.25, -0.2) is 4.98 Å². The number of aryl methyl sites for hydroxylation is 1. The highest BCUT2D eigenvalue weighted by atomic mass is 32.1. The molecular formula is C19H20N4S. The number of nitrogens with one attached hydrogen (secondary N) is 1. The van der Waals surface area contributed by atoms with Crippen LogP contribution in [0.1, 0.15) is 11.1 Å². The van der Waals surface area contributed by atoms with Crippen molar-refractivity contribution in [1.82, 2.24) is 4.98 Å². The van der Waals surface area contributed by atoms with Gasteiger partial charge in [-0.3, -0.25) is 5.43 Å². The molecule has 0 saturated heterocycles. The van der Waals surface area contributed by atoms with Crippen molar-refractivity contribution in [3.05, 3.63) is 65.0 Å². The van der Waals surface area contributed by atoms with E-state index in [2.05, 4.69) is 63.7 Å². The van der Waals surface area contributed by atoms with Crippen LogP contribution >= 0.6 is 11.3 Å². The molecule has 1 aromatic heterocycles. The van der Waals surface area contributed by atoms with E-state index in [1.54, 1.807) is 17.6 Å². The molecule has 0 aliphatic carbocycles. The number of rotatable bonds is 5. The maximum absolute atomic E-state index is 4.57. The lowest BCUT2D eigenvalue weighted by Gasteiger charge is -2.11. The van der Waals surface area contributed by atoms with E-state index in [4.69, 9.17) is 0 Å². The lowest BCUT2D eigenvalue weighted by atomic mass is 10.1. The summed E-state index contributed by atoms with van der Waals surface area (Å²) in [5.74, 6) is 0. The summed E-state index contributed by atoms with van der Waals surface area (Å²) in [5, 5.41) is 7.09. The van der Waals surface area contributed by atoms with E-state index in [-0.39, 0.29) is 0 Å². The summed E-state index contributed by atoms with van der Waals surface area (Å²) >= 11 is 1.55. The predicted octanol–water partition coefficient (Wildman–Crippen LogP) is 4.63. The Morgan fingerprint density at radius 1 is 1.04 bits per heavy atom. The molecule has 5 heteroatoms. The maximum atomic E-state index is 4.57. The minimum absolute atomic E-state index is 0.784. The molecular weight excluding hydrogens is 316 g/mol. The van der Waals surface area contributed by atoms with Crippen molar-refractivity contribution in [2.75, 3.05) is 24.4 Å². The smallest absolute Gasteiger partial charge is 0.203 e. The Balaban J connectivity index is 1.63. The van der Waals surface area contributed by atoms with Gasteiger partial charge in [0.2, 0.25) is 5.13 Å². The van der Waals surface area contributed by atoms with Gasteiger partial charge in [-0.2, -0.15) is 5.10 Å². The standard InChI is InChI=1S/C19H20N4S/c1-14-4-8-16(9-5-14)18-13-24-19(21-18)22-20-12-15-6-10-17(11-7-15)23(2)3/h4-13H,1-3H3,(H,21,22)/b20-12+. The summed E-state index contributed by atoms with van der Waals surface area (Å²) in [4.78, 5) is 6.64. The number of anilines is 2. The fourth-order valence-electron chi connectivity index (χ4n) is 2.20. The van der Waals surface area contributed by atoms with Gasteiger partial charge in [0.05, 0.1) is 11.9 Å². The molecule has 0 unspecified atom stereocenters. The number of aromatic nitrogens is 1. The highest BCUT2D eigenvalue weighted by Gasteiger charge is 2.03. The third-order valence-electron chi connectivity index (χ3n) is 3.63. The lowest BCUT2D eigenvalue weighted by Crippen LogP contribution is -2.08. The third-order valence-corrected chi connectivity index (χ3v) is 4.38. The van der Waals surface area contributed by atoms with Crippen LogP contribution in [0.4, 0.5) is 10.8 Å². The number of hydrogen-bond acceptors (Lipinski definition) is 5. The van der Waals surface area contributed by atoms with Gasteiger partial charge in [0.15, 0.2) is 0 Å². The predicted molar refractivity (Wildman–Crippen MR) is 104 cm³/mol. The molecule has 0 aliphatic rings. The van der Waals surface area contributed by atoms with E-state index < -0.39 is 0 Å². The molecule has 122 valence electrons. The zero-order chi connectivity index (χ0) is 16.9. The molecule has 0 radical (unpaired) electrons. The Morgan fingerprint density at radius 3 is 2.42 bits per heavy atom. The fourth-order valence-corrected chi connectivity index (χ4v) is 2.87. The molecule has 24 heavy (non-hydrogen) atoms. The minimum atomic E-state index is 0.784. The highest BCUT2D eigenvalue weighted by molar-refractivity contribution is 7.14. The van der Waals surface area contributed by atoms with Gasteiger partial charge in [-0.15, -0.1) is 11.3 Å². The third kappa shape index (κ3) is 4.00. The lowest BCUT2D eigenvalue weighted by molar-refractivity contribution is 1.13. The molecule has 1 heterocycles. The first kappa shape index (κ1) is 16.2. The first-order chi connectivity index (χ1) is 11.6. The van der Waals surface area contributed by atoms with E-state index in [0.717, 1.165) is 22.0 Å². The first-order valence-corrected chi connectivity index (χ1v) is 8.59. The number of thiazole rings is 1. The number of hydrogen-bond donors (Lipinski definition) is 1. The van der Waals surface area contributed by atoms with Crippen molar-refractivity contribution >= 4 is 28.4 Å². The zero-order valence-electron chi connectivity index (χ0n) is 14.0. The summed E-state index contributed by atoms with van der Waals surface area (Å²) < 4.78 is 0. The Hall–Kier alpha value is -2.66. The van der Waals surface area contributed by atoms with E-state index in [9.17, 15) is 0 Å². The van der Waals surface area contributed by atoms with Crippen LogP contribution in [0.15, 0.2) is 59.0 Å². The van der Waals surface area contributed by atoms with E-state index in [1.807, 2.05) is 31.6 Å². The summed E-state index contributed by atoms with van der Waals surface area (Å²) in [6.45, 7) is 2.08. The quantitative estimate of drug-likeness (QED) is 0.545.